The van der Waals surface area contributed by atoms with Crippen LogP contribution in [0.3, 0.4) is 0 Å². The molecule has 0 spiro atoms. The Morgan fingerprint density at radius 3 is 2.72 bits per heavy atom. The highest BCUT2D eigenvalue weighted by Gasteiger charge is 2.32. The molecule has 1 atom stereocenters. The Morgan fingerprint density at radius 2 is 2.06 bits per heavy atom. The normalized spacial score (nSPS) is 18.7. The number of carboxylic acid groups (broad SMARTS) is 1. The van der Waals surface area contributed by atoms with E-state index < -0.39 is 24.1 Å². The summed E-state index contributed by atoms with van der Waals surface area (Å²) in [5.74, 6) is -1.04. The first-order valence-corrected chi connectivity index (χ1v) is 5.17. The lowest BCUT2D eigenvalue weighted by Crippen LogP contribution is -2.55. The Morgan fingerprint density at radius 1 is 1.39 bits per heavy atom. The number of nitrogens with one attached hydrogen (secondary N) is 2. The van der Waals surface area contributed by atoms with Crippen molar-refractivity contribution in [2.24, 2.45) is 0 Å². The standard InChI is InChI=1S/C11H11N3O4/c1-14-7-5-3-2-4-6(7)9(15)12-8(10(14)16)13-11(17)18/h2-5,8,13H,1H3,(H,12,15)(H,17,18). The number of carbonyl (C=O) groups is 3. The summed E-state index contributed by atoms with van der Waals surface area (Å²) in [5.41, 5.74) is 0.762. The lowest BCUT2D eigenvalue weighted by molar-refractivity contribution is -0.120. The zero-order valence-electron chi connectivity index (χ0n) is 9.51. The number of amides is 3. The van der Waals surface area contributed by atoms with Gasteiger partial charge in [0.25, 0.3) is 11.8 Å². The third kappa shape index (κ3) is 1.97. The van der Waals surface area contributed by atoms with Crippen LogP contribution in [-0.2, 0) is 4.79 Å². The van der Waals surface area contributed by atoms with Crippen LogP contribution >= 0.6 is 0 Å². The maximum atomic E-state index is 12.0. The fourth-order valence-electron chi connectivity index (χ4n) is 1.76. The number of carbonyl (C=O) groups excluding carboxylic acids is 2. The van der Waals surface area contributed by atoms with Crippen LogP contribution in [-0.4, -0.2) is 36.2 Å². The van der Waals surface area contributed by atoms with Gasteiger partial charge in [-0.3, -0.25) is 14.9 Å². The molecule has 3 amide bonds. The predicted molar refractivity (Wildman–Crippen MR) is 62.3 cm³/mol. The smallest absolute Gasteiger partial charge is 0.406 e. The van der Waals surface area contributed by atoms with Crippen molar-refractivity contribution in [3.05, 3.63) is 29.8 Å². The van der Waals surface area contributed by atoms with Crippen molar-refractivity contribution in [2.45, 2.75) is 6.17 Å². The topological polar surface area (TPSA) is 98.7 Å². The number of nitrogens with zero attached hydrogens (tertiary/aromatic N) is 1. The molecule has 18 heavy (non-hydrogen) atoms. The molecule has 1 aliphatic rings. The lowest BCUT2D eigenvalue weighted by atomic mass is 10.1. The molecule has 0 saturated carbocycles. The molecule has 1 aromatic rings. The van der Waals surface area contributed by atoms with Crippen LogP contribution < -0.4 is 15.5 Å². The fraction of sp³-hybridized carbons (Fsp3) is 0.182. The van der Waals surface area contributed by atoms with E-state index >= 15 is 0 Å². The second-order valence-electron chi connectivity index (χ2n) is 3.77. The maximum Gasteiger partial charge on any atom is 0.406 e. The summed E-state index contributed by atoms with van der Waals surface area (Å²) in [6.07, 6.45) is -2.67. The molecular formula is C11H11N3O4. The Kier molecular flexibility index (Phi) is 2.88. The van der Waals surface area contributed by atoms with E-state index in [9.17, 15) is 14.4 Å². The predicted octanol–water partition coefficient (Wildman–Crippen LogP) is -0.0135. The first-order valence-electron chi connectivity index (χ1n) is 5.17. The number of para-hydroxylation sites is 1. The van der Waals surface area contributed by atoms with Gasteiger partial charge < -0.3 is 15.3 Å². The van der Waals surface area contributed by atoms with Crippen LogP contribution in [0.5, 0.6) is 0 Å². The molecule has 1 heterocycles. The van der Waals surface area contributed by atoms with Crippen LogP contribution in [0.1, 0.15) is 10.4 Å². The Balaban J connectivity index is 2.41. The third-order valence-electron chi connectivity index (χ3n) is 2.63. The van der Waals surface area contributed by atoms with Crippen molar-refractivity contribution < 1.29 is 19.5 Å². The van der Waals surface area contributed by atoms with E-state index in [0.717, 1.165) is 0 Å². The molecule has 0 aliphatic carbocycles. The highest BCUT2D eigenvalue weighted by atomic mass is 16.4. The second-order valence-corrected chi connectivity index (χ2v) is 3.77. The molecule has 0 radical (unpaired) electrons. The second kappa shape index (κ2) is 4.36. The molecule has 0 bridgehead atoms. The minimum absolute atomic E-state index is 0.322. The van der Waals surface area contributed by atoms with Gasteiger partial charge in [-0.15, -0.1) is 0 Å². The lowest BCUT2D eigenvalue weighted by Gasteiger charge is -2.20. The van der Waals surface area contributed by atoms with Crippen LogP contribution in [0.4, 0.5) is 10.5 Å². The number of hydrogen-bond donors (Lipinski definition) is 3. The van der Waals surface area contributed by atoms with Gasteiger partial charge in [0.1, 0.15) is 0 Å². The van der Waals surface area contributed by atoms with Gasteiger partial charge in [0.15, 0.2) is 6.17 Å². The number of rotatable bonds is 1. The minimum Gasteiger partial charge on any atom is -0.465 e. The van der Waals surface area contributed by atoms with E-state index in [-0.39, 0.29) is 0 Å². The van der Waals surface area contributed by atoms with E-state index in [4.69, 9.17) is 5.11 Å². The average Bonchev–Trinajstić information content (AvgIpc) is 2.42. The summed E-state index contributed by atoms with van der Waals surface area (Å²) in [6.45, 7) is 0. The van der Waals surface area contributed by atoms with Crippen molar-refractivity contribution in [1.82, 2.24) is 10.6 Å². The van der Waals surface area contributed by atoms with Gasteiger partial charge in [-0.2, -0.15) is 0 Å². The van der Waals surface area contributed by atoms with Gasteiger partial charge in [0.2, 0.25) is 0 Å². The highest BCUT2D eigenvalue weighted by Crippen LogP contribution is 2.22. The molecule has 3 N–H and O–H groups in total. The molecule has 7 heteroatoms. The Hall–Kier alpha value is -2.57. The zero-order valence-corrected chi connectivity index (χ0v) is 9.51. The zero-order chi connectivity index (χ0) is 13.3. The number of anilines is 1. The Bertz CT molecular complexity index is 529. The monoisotopic (exact) mass is 249 g/mol. The third-order valence-corrected chi connectivity index (χ3v) is 2.63. The molecule has 1 unspecified atom stereocenters. The summed E-state index contributed by atoms with van der Waals surface area (Å²) in [7, 11) is 1.48. The first-order chi connectivity index (χ1) is 8.50. The van der Waals surface area contributed by atoms with E-state index in [1.54, 1.807) is 24.3 Å². The van der Waals surface area contributed by atoms with E-state index in [1.165, 1.54) is 11.9 Å². The van der Waals surface area contributed by atoms with Crippen LogP contribution in [0.25, 0.3) is 0 Å². The molecule has 7 nitrogen and oxygen atoms in total. The van der Waals surface area contributed by atoms with Crippen molar-refractivity contribution >= 4 is 23.6 Å². The van der Waals surface area contributed by atoms with Gasteiger partial charge in [-0.05, 0) is 12.1 Å². The summed E-state index contributed by atoms with van der Waals surface area (Å²) in [6, 6.07) is 6.55. The van der Waals surface area contributed by atoms with Crippen LogP contribution in [0.2, 0.25) is 0 Å². The van der Waals surface area contributed by atoms with Gasteiger partial charge in [-0.1, -0.05) is 12.1 Å². The Labute approximate surface area is 102 Å². The summed E-state index contributed by atoms with van der Waals surface area (Å²) < 4.78 is 0. The van der Waals surface area contributed by atoms with Gasteiger partial charge in [-0.25, -0.2) is 4.79 Å². The fourth-order valence-corrected chi connectivity index (χ4v) is 1.76. The summed E-state index contributed by atoms with van der Waals surface area (Å²) >= 11 is 0. The van der Waals surface area contributed by atoms with Crippen LogP contribution in [0.15, 0.2) is 24.3 Å². The van der Waals surface area contributed by atoms with Crippen molar-refractivity contribution in [1.29, 1.82) is 0 Å². The minimum atomic E-state index is -1.38. The van der Waals surface area contributed by atoms with E-state index in [2.05, 4.69) is 5.32 Å². The molecule has 0 fully saturated rings. The quantitative estimate of drug-likeness (QED) is 0.651. The molecular weight excluding hydrogens is 238 g/mol. The SMILES string of the molecule is CN1C(=O)C(NC(=O)O)NC(=O)c2ccccc21. The van der Waals surface area contributed by atoms with Gasteiger partial charge in [0.05, 0.1) is 11.3 Å². The highest BCUT2D eigenvalue weighted by molar-refractivity contribution is 6.11. The molecule has 2 rings (SSSR count). The molecule has 0 saturated heterocycles. The molecule has 1 aliphatic heterocycles. The number of fused-ring (bicyclic) bond motifs is 1. The van der Waals surface area contributed by atoms with E-state index in [1.807, 2.05) is 5.32 Å². The number of benzene rings is 1. The number of likely N-dealkylation sites (N-methyl/N-ethyl adjacent to an activating group) is 1. The van der Waals surface area contributed by atoms with Gasteiger partial charge >= 0.3 is 6.09 Å². The van der Waals surface area contributed by atoms with Crippen molar-refractivity contribution in [2.75, 3.05) is 11.9 Å². The number of hydrogen-bond acceptors (Lipinski definition) is 3. The summed E-state index contributed by atoms with van der Waals surface area (Å²) in [5, 5.41) is 12.9. The summed E-state index contributed by atoms with van der Waals surface area (Å²) in [4.78, 5) is 35.7. The molecule has 1 aromatic carbocycles. The molecule has 94 valence electrons. The first kappa shape index (κ1) is 11.9. The largest absolute Gasteiger partial charge is 0.465 e. The average molecular weight is 249 g/mol. The van der Waals surface area contributed by atoms with E-state index in [0.29, 0.717) is 11.3 Å². The van der Waals surface area contributed by atoms with Crippen LogP contribution in [0, 0.1) is 0 Å². The molecule has 0 aromatic heterocycles. The maximum absolute atomic E-state index is 12.0. The van der Waals surface area contributed by atoms with Crippen molar-refractivity contribution in [3.63, 3.8) is 0 Å². The van der Waals surface area contributed by atoms with Crippen molar-refractivity contribution in [3.8, 4) is 0 Å². The van der Waals surface area contributed by atoms with Gasteiger partial charge in [0, 0.05) is 7.05 Å².